The third-order valence-corrected chi connectivity index (χ3v) is 5.27. The molecule has 1 atom stereocenters. The van der Waals surface area contributed by atoms with Crippen molar-refractivity contribution in [1.29, 1.82) is 0 Å². The number of hydrogen-bond acceptors (Lipinski definition) is 5. The Hall–Kier alpha value is -1.20. The average Bonchev–Trinajstić information content (AvgIpc) is 3.37. The SMILES string of the molecule is c1cnc(N2CCOC[C@]3(CCCN(CC4CC4)C3)C2)cn1. The van der Waals surface area contributed by atoms with Gasteiger partial charge in [0.25, 0.3) is 0 Å². The molecule has 22 heavy (non-hydrogen) atoms. The number of anilines is 1. The highest BCUT2D eigenvalue weighted by Crippen LogP contribution is 2.37. The van der Waals surface area contributed by atoms with Crippen molar-refractivity contribution in [3.63, 3.8) is 0 Å². The van der Waals surface area contributed by atoms with Crippen molar-refractivity contribution in [2.75, 3.05) is 50.8 Å². The van der Waals surface area contributed by atoms with Crippen LogP contribution in [0.25, 0.3) is 0 Å². The summed E-state index contributed by atoms with van der Waals surface area (Å²) in [7, 11) is 0. The van der Waals surface area contributed by atoms with E-state index < -0.39 is 0 Å². The zero-order valence-electron chi connectivity index (χ0n) is 13.3. The minimum atomic E-state index is 0.265. The molecule has 0 unspecified atom stereocenters. The van der Waals surface area contributed by atoms with Gasteiger partial charge in [0.15, 0.2) is 0 Å². The van der Waals surface area contributed by atoms with Crippen LogP contribution in [0.3, 0.4) is 0 Å². The summed E-state index contributed by atoms with van der Waals surface area (Å²) in [5, 5.41) is 0. The molecule has 5 nitrogen and oxygen atoms in total. The number of aromatic nitrogens is 2. The van der Waals surface area contributed by atoms with Crippen LogP contribution < -0.4 is 4.90 Å². The Morgan fingerprint density at radius 1 is 1.23 bits per heavy atom. The van der Waals surface area contributed by atoms with Gasteiger partial charge in [0.05, 0.1) is 19.4 Å². The maximum Gasteiger partial charge on any atom is 0.147 e. The average molecular weight is 302 g/mol. The van der Waals surface area contributed by atoms with Gasteiger partial charge in [0, 0.05) is 44.0 Å². The van der Waals surface area contributed by atoms with E-state index in [0.29, 0.717) is 0 Å². The molecule has 2 saturated heterocycles. The van der Waals surface area contributed by atoms with Gasteiger partial charge in [-0.1, -0.05) is 0 Å². The summed E-state index contributed by atoms with van der Waals surface area (Å²) in [6.45, 7) is 7.40. The second-order valence-corrected chi connectivity index (χ2v) is 7.32. The summed E-state index contributed by atoms with van der Waals surface area (Å²) >= 11 is 0. The Kier molecular flexibility index (Phi) is 4.01. The lowest BCUT2D eigenvalue weighted by Crippen LogP contribution is -2.51. The highest BCUT2D eigenvalue weighted by Gasteiger charge is 2.40. The number of likely N-dealkylation sites (tertiary alicyclic amines) is 1. The molecular formula is C17H26N4O. The summed E-state index contributed by atoms with van der Waals surface area (Å²) in [6, 6.07) is 0. The van der Waals surface area contributed by atoms with Crippen molar-refractivity contribution in [3.05, 3.63) is 18.6 Å². The standard InChI is InChI=1S/C17H26N4O/c1-4-17(12-20(7-1)11-15-2-3-15)13-21(8-9-22-14-17)16-10-18-5-6-19-16/h5-6,10,15H,1-4,7-9,11-14H2/t17-/m0/s1. The summed E-state index contributed by atoms with van der Waals surface area (Å²) < 4.78 is 5.99. The van der Waals surface area contributed by atoms with Gasteiger partial charge in [-0.25, -0.2) is 4.98 Å². The predicted molar refractivity (Wildman–Crippen MR) is 85.9 cm³/mol. The summed E-state index contributed by atoms with van der Waals surface area (Å²) in [5.74, 6) is 1.96. The Balaban J connectivity index is 1.49. The lowest BCUT2D eigenvalue weighted by Gasteiger charge is -2.43. The van der Waals surface area contributed by atoms with Crippen LogP contribution in [0.4, 0.5) is 5.82 Å². The Morgan fingerprint density at radius 3 is 3.00 bits per heavy atom. The fourth-order valence-electron chi connectivity index (χ4n) is 4.02. The predicted octanol–water partition coefficient (Wildman–Crippen LogP) is 1.81. The minimum Gasteiger partial charge on any atom is -0.379 e. The van der Waals surface area contributed by atoms with E-state index in [1.165, 1.54) is 45.3 Å². The van der Waals surface area contributed by atoms with Gasteiger partial charge in [-0.2, -0.15) is 0 Å². The van der Waals surface area contributed by atoms with Gasteiger partial charge in [0.2, 0.25) is 0 Å². The molecule has 4 rings (SSSR count). The van der Waals surface area contributed by atoms with Gasteiger partial charge in [-0.15, -0.1) is 0 Å². The third kappa shape index (κ3) is 3.25. The molecule has 5 heteroatoms. The van der Waals surface area contributed by atoms with Crippen LogP contribution in [0.1, 0.15) is 25.7 Å². The van der Waals surface area contributed by atoms with E-state index in [4.69, 9.17) is 4.74 Å². The molecule has 1 aromatic rings. The van der Waals surface area contributed by atoms with Gasteiger partial charge in [0.1, 0.15) is 5.82 Å². The molecule has 0 amide bonds. The molecule has 0 aromatic carbocycles. The molecule has 1 aromatic heterocycles. The maximum absolute atomic E-state index is 5.99. The van der Waals surface area contributed by atoms with Crippen molar-refractivity contribution in [1.82, 2.24) is 14.9 Å². The number of ether oxygens (including phenoxy) is 1. The second kappa shape index (κ2) is 6.13. The number of nitrogens with zero attached hydrogens (tertiary/aromatic N) is 4. The van der Waals surface area contributed by atoms with Crippen LogP contribution in [0, 0.1) is 11.3 Å². The highest BCUT2D eigenvalue weighted by molar-refractivity contribution is 5.36. The van der Waals surface area contributed by atoms with E-state index in [2.05, 4.69) is 19.8 Å². The monoisotopic (exact) mass is 302 g/mol. The third-order valence-electron chi connectivity index (χ3n) is 5.27. The molecule has 3 aliphatic rings. The minimum absolute atomic E-state index is 0.265. The van der Waals surface area contributed by atoms with Crippen LogP contribution in [0.15, 0.2) is 18.6 Å². The van der Waals surface area contributed by atoms with Crippen molar-refractivity contribution < 1.29 is 4.74 Å². The Bertz CT molecular complexity index is 493. The molecule has 0 bridgehead atoms. The van der Waals surface area contributed by atoms with E-state index in [-0.39, 0.29) is 5.41 Å². The zero-order chi connectivity index (χ0) is 14.8. The summed E-state index contributed by atoms with van der Waals surface area (Å²) in [5.41, 5.74) is 0.265. The van der Waals surface area contributed by atoms with Gasteiger partial charge >= 0.3 is 0 Å². The molecule has 3 heterocycles. The first-order chi connectivity index (χ1) is 10.8. The lowest BCUT2D eigenvalue weighted by molar-refractivity contribution is 0.0119. The van der Waals surface area contributed by atoms with Crippen LogP contribution >= 0.6 is 0 Å². The Morgan fingerprint density at radius 2 is 2.18 bits per heavy atom. The largest absolute Gasteiger partial charge is 0.379 e. The van der Waals surface area contributed by atoms with Crippen LogP contribution in [-0.2, 0) is 4.74 Å². The molecule has 2 aliphatic heterocycles. The molecule has 0 N–H and O–H groups in total. The van der Waals surface area contributed by atoms with E-state index in [1.807, 2.05) is 6.20 Å². The quantitative estimate of drug-likeness (QED) is 0.852. The number of piperidine rings is 1. The van der Waals surface area contributed by atoms with Gasteiger partial charge in [-0.3, -0.25) is 4.98 Å². The maximum atomic E-state index is 5.99. The van der Waals surface area contributed by atoms with Crippen molar-refractivity contribution >= 4 is 5.82 Å². The van der Waals surface area contributed by atoms with Crippen molar-refractivity contribution in [3.8, 4) is 0 Å². The molecule has 1 spiro atoms. The number of hydrogen-bond donors (Lipinski definition) is 0. The van der Waals surface area contributed by atoms with Gasteiger partial charge < -0.3 is 14.5 Å². The summed E-state index contributed by atoms with van der Waals surface area (Å²) in [4.78, 5) is 13.8. The zero-order valence-corrected chi connectivity index (χ0v) is 13.3. The van der Waals surface area contributed by atoms with Crippen LogP contribution in [-0.4, -0.2) is 60.8 Å². The molecular weight excluding hydrogens is 276 g/mol. The van der Waals surface area contributed by atoms with Gasteiger partial charge in [-0.05, 0) is 38.1 Å². The molecule has 1 saturated carbocycles. The number of rotatable bonds is 3. The first kappa shape index (κ1) is 14.4. The molecule has 3 fully saturated rings. The van der Waals surface area contributed by atoms with Crippen molar-refractivity contribution in [2.24, 2.45) is 11.3 Å². The van der Waals surface area contributed by atoms with E-state index in [1.54, 1.807) is 12.4 Å². The summed E-state index contributed by atoms with van der Waals surface area (Å²) in [6.07, 6.45) is 10.8. The van der Waals surface area contributed by atoms with E-state index >= 15 is 0 Å². The molecule has 120 valence electrons. The molecule has 1 aliphatic carbocycles. The topological polar surface area (TPSA) is 41.5 Å². The van der Waals surface area contributed by atoms with Crippen LogP contribution in [0.2, 0.25) is 0 Å². The molecule has 0 radical (unpaired) electrons. The fourth-order valence-corrected chi connectivity index (χ4v) is 4.02. The second-order valence-electron chi connectivity index (χ2n) is 7.32. The first-order valence-corrected chi connectivity index (χ1v) is 8.64. The van der Waals surface area contributed by atoms with Crippen LogP contribution in [0.5, 0.6) is 0 Å². The van der Waals surface area contributed by atoms with E-state index in [0.717, 1.165) is 38.0 Å². The first-order valence-electron chi connectivity index (χ1n) is 8.64. The smallest absolute Gasteiger partial charge is 0.147 e. The normalized spacial score (nSPS) is 30.5. The highest BCUT2D eigenvalue weighted by atomic mass is 16.5. The fraction of sp³-hybridized carbons (Fsp3) is 0.765. The van der Waals surface area contributed by atoms with E-state index in [9.17, 15) is 0 Å². The lowest BCUT2D eigenvalue weighted by atomic mass is 9.80. The van der Waals surface area contributed by atoms with Crippen molar-refractivity contribution in [2.45, 2.75) is 25.7 Å². The Labute approximate surface area is 132 Å².